The molecule has 1 N–H and O–H groups in total. The molecule has 0 fully saturated rings. The molecule has 0 aliphatic heterocycles. The van der Waals surface area contributed by atoms with E-state index in [1.165, 1.54) is 0 Å². The number of rotatable bonds is 8. The lowest BCUT2D eigenvalue weighted by atomic mass is 9.99. The van der Waals surface area contributed by atoms with Crippen molar-refractivity contribution in [3.63, 3.8) is 0 Å². The van der Waals surface area contributed by atoms with Crippen LogP contribution in [0.3, 0.4) is 0 Å². The van der Waals surface area contributed by atoms with Gasteiger partial charge in [-0.05, 0) is 63.0 Å². The first-order valence-electron chi connectivity index (χ1n) is 8.38. The van der Waals surface area contributed by atoms with Crippen LogP contribution < -0.4 is 5.32 Å². The van der Waals surface area contributed by atoms with E-state index in [-0.39, 0.29) is 11.8 Å². The minimum absolute atomic E-state index is 0.0567. The van der Waals surface area contributed by atoms with Crippen LogP contribution in [0, 0.1) is 6.92 Å². The van der Waals surface area contributed by atoms with Crippen LogP contribution in [0.5, 0.6) is 0 Å². The van der Waals surface area contributed by atoms with Gasteiger partial charge in [0.2, 0.25) is 0 Å². The molecule has 1 aromatic carbocycles. The van der Waals surface area contributed by atoms with E-state index in [0.717, 1.165) is 28.1 Å². The van der Waals surface area contributed by atoms with Crippen molar-refractivity contribution in [2.75, 3.05) is 0 Å². The lowest BCUT2D eigenvalue weighted by molar-refractivity contribution is -0.117. The van der Waals surface area contributed by atoms with E-state index in [1.807, 2.05) is 57.2 Å². The van der Waals surface area contributed by atoms with Crippen molar-refractivity contribution in [1.29, 1.82) is 0 Å². The highest BCUT2D eigenvalue weighted by Crippen LogP contribution is 2.20. The van der Waals surface area contributed by atoms with Crippen LogP contribution in [0.15, 0.2) is 47.2 Å². The van der Waals surface area contributed by atoms with Crippen LogP contribution in [-0.4, -0.2) is 18.1 Å². The van der Waals surface area contributed by atoms with E-state index in [0.29, 0.717) is 17.6 Å². The molecule has 134 valence electrons. The summed E-state index contributed by atoms with van der Waals surface area (Å²) in [5, 5.41) is 3.98. The summed E-state index contributed by atoms with van der Waals surface area (Å²) in [7, 11) is 0. The molecular formula is C21H26ClNO2. The Balaban J connectivity index is 2.97. The number of hydrogen-bond acceptors (Lipinski definition) is 3. The molecule has 4 heteroatoms. The van der Waals surface area contributed by atoms with Gasteiger partial charge in [-0.25, -0.2) is 0 Å². The average molecular weight is 360 g/mol. The Labute approximate surface area is 155 Å². The molecule has 0 amide bonds. The zero-order valence-corrected chi connectivity index (χ0v) is 16.3. The number of carbonyl (C=O) groups excluding carboxylic acids is 2. The van der Waals surface area contributed by atoms with Crippen LogP contribution in [0.25, 0.3) is 6.08 Å². The zero-order chi connectivity index (χ0) is 19.0. The zero-order valence-electron chi connectivity index (χ0n) is 15.5. The third-order valence-electron chi connectivity index (χ3n) is 4.27. The highest BCUT2D eigenvalue weighted by Gasteiger charge is 2.19. The molecule has 25 heavy (non-hydrogen) atoms. The molecule has 0 heterocycles. The van der Waals surface area contributed by atoms with Gasteiger partial charge in [-0.2, -0.15) is 0 Å². The summed E-state index contributed by atoms with van der Waals surface area (Å²) in [4.78, 5) is 23.4. The lowest BCUT2D eigenvalue weighted by Crippen LogP contribution is -2.36. The van der Waals surface area contributed by atoms with Gasteiger partial charge in [0.25, 0.3) is 0 Å². The maximum atomic E-state index is 12.6. The second-order valence-corrected chi connectivity index (χ2v) is 6.33. The Morgan fingerprint density at radius 3 is 2.56 bits per heavy atom. The molecule has 0 saturated heterocycles. The molecule has 0 aliphatic carbocycles. The van der Waals surface area contributed by atoms with Crippen molar-refractivity contribution in [3.05, 3.63) is 63.3 Å². The van der Waals surface area contributed by atoms with Gasteiger partial charge in [0.15, 0.2) is 5.78 Å². The summed E-state index contributed by atoms with van der Waals surface area (Å²) in [6.07, 6.45) is 7.17. The number of hydrogen-bond donors (Lipinski definition) is 1. The maximum absolute atomic E-state index is 12.6. The number of halogens is 1. The third kappa shape index (κ3) is 5.71. The topological polar surface area (TPSA) is 46.2 Å². The quantitative estimate of drug-likeness (QED) is 0.402. The fourth-order valence-corrected chi connectivity index (χ4v) is 2.49. The summed E-state index contributed by atoms with van der Waals surface area (Å²) in [6.45, 7) is 9.17. The summed E-state index contributed by atoms with van der Waals surface area (Å²) in [5.74, 6) is -0.0567. The number of nitrogens with one attached hydrogen (secondary N) is 1. The highest BCUT2D eigenvalue weighted by molar-refractivity contribution is 6.31. The molecule has 0 bridgehead atoms. The first-order chi connectivity index (χ1) is 11.8. The van der Waals surface area contributed by atoms with Crippen molar-refractivity contribution in [3.8, 4) is 0 Å². The molecule has 0 spiro atoms. The minimum Gasteiger partial charge on any atom is -0.375 e. The van der Waals surface area contributed by atoms with Gasteiger partial charge in [0.05, 0.1) is 6.04 Å². The van der Waals surface area contributed by atoms with Gasteiger partial charge in [0, 0.05) is 16.3 Å². The van der Waals surface area contributed by atoms with Gasteiger partial charge in [-0.1, -0.05) is 42.8 Å². The van der Waals surface area contributed by atoms with Gasteiger partial charge >= 0.3 is 0 Å². The van der Waals surface area contributed by atoms with E-state index >= 15 is 0 Å². The molecule has 0 aliphatic rings. The highest BCUT2D eigenvalue weighted by atomic mass is 35.5. The standard InChI is InChI=1S/C21H26ClNO2/c1-6-18(12-11-17-9-8-10-19(22)16(17)5)23-20(7-2)21(25)15(4)14(3)13-24/h6,8-13,20,23H,7H2,1-5H3/b12-11-,15-14-,18-6+. The Hall–Kier alpha value is -2.13. The van der Waals surface area contributed by atoms with E-state index in [1.54, 1.807) is 13.8 Å². The molecule has 0 radical (unpaired) electrons. The molecule has 0 saturated carbocycles. The van der Waals surface area contributed by atoms with Crippen LogP contribution in [0.4, 0.5) is 0 Å². The van der Waals surface area contributed by atoms with Gasteiger partial charge < -0.3 is 5.32 Å². The molecule has 1 rings (SSSR count). The number of ketones is 1. The van der Waals surface area contributed by atoms with Crippen LogP contribution in [-0.2, 0) is 9.59 Å². The summed E-state index contributed by atoms with van der Waals surface area (Å²) < 4.78 is 0. The Morgan fingerprint density at radius 2 is 2.00 bits per heavy atom. The van der Waals surface area contributed by atoms with Crippen molar-refractivity contribution < 1.29 is 9.59 Å². The monoisotopic (exact) mass is 359 g/mol. The maximum Gasteiger partial charge on any atom is 0.181 e. The molecule has 1 unspecified atom stereocenters. The van der Waals surface area contributed by atoms with E-state index in [4.69, 9.17) is 11.6 Å². The fraction of sp³-hybridized carbons (Fsp3) is 0.333. The van der Waals surface area contributed by atoms with Crippen molar-refractivity contribution >= 4 is 29.7 Å². The fourth-order valence-electron chi connectivity index (χ4n) is 2.31. The number of benzene rings is 1. The number of aldehydes is 1. The Kier molecular flexibility index (Phi) is 8.36. The summed E-state index contributed by atoms with van der Waals surface area (Å²) >= 11 is 6.15. The van der Waals surface area contributed by atoms with Crippen LogP contribution in [0.1, 0.15) is 45.2 Å². The average Bonchev–Trinajstić information content (AvgIpc) is 2.63. The van der Waals surface area contributed by atoms with E-state index < -0.39 is 0 Å². The van der Waals surface area contributed by atoms with Crippen LogP contribution in [0.2, 0.25) is 5.02 Å². The largest absolute Gasteiger partial charge is 0.375 e. The van der Waals surface area contributed by atoms with E-state index in [9.17, 15) is 9.59 Å². The lowest BCUT2D eigenvalue weighted by Gasteiger charge is -2.18. The second kappa shape index (κ2) is 10.00. The Bertz CT molecular complexity index is 729. The predicted molar refractivity (Wildman–Crippen MR) is 106 cm³/mol. The predicted octanol–water partition coefficient (Wildman–Crippen LogP) is 5.04. The first-order valence-corrected chi connectivity index (χ1v) is 8.76. The van der Waals surface area contributed by atoms with Crippen molar-refractivity contribution in [1.82, 2.24) is 5.32 Å². The molecular weight excluding hydrogens is 334 g/mol. The van der Waals surface area contributed by atoms with Gasteiger partial charge in [0.1, 0.15) is 6.29 Å². The number of allylic oxidation sites excluding steroid dienone is 3. The molecule has 0 aromatic heterocycles. The Morgan fingerprint density at radius 1 is 1.32 bits per heavy atom. The molecule has 3 nitrogen and oxygen atoms in total. The van der Waals surface area contributed by atoms with Gasteiger partial charge in [-0.15, -0.1) is 0 Å². The van der Waals surface area contributed by atoms with Gasteiger partial charge in [-0.3, -0.25) is 9.59 Å². The second-order valence-electron chi connectivity index (χ2n) is 5.93. The third-order valence-corrected chi connectivity index (χ3v) is 4.68. The number of carbonyl (C=O) groups is 2. The van der Waals surface area contributed by atoms with Crippen LogP contribution >= 0.6 is 11.6 Å². The SMILES string of the molecule is C/C=C(\C=C/c1cccc(Cl)c1C)NC(CC)C(=O)/C(C)=C(/C)C=O. The normalized spacial score (nSPS) is 14.2. The summed E-state index contributed by atoms with van der Waals surface area (Å²) in [5.41, 5.74) is 3.85. The summed E-state index contributed by atoms with van der Waals surface area (Å²) in [6, 6.07) is 5.39. The number of Topliss-reactive ketones (excluding diaryl/α,β-unsaturated/α-hetero) is 1. The molecule has 1 atom stereocenters. The minimum atomic E-state index is -0.369. The first kappa shape index (κ1) is 20.9. The molecule has 1 aromatic rings. The van der Waals surface area contributed by atoms with Crippen molar-refractivity contribution in [2.24, 2.45) is 0 Å². The smallest absolute Gasteiger partial charge is 0.181 e. The van der Waals surface area contributed by atoms with Crippen molar-refractivity contribution in [2.45, 2.75) is 47.1 Å². The van der Waals surface area contributed by atoms with E-state index in [2.05, 4.69) is 5.32 Å².